The van der Waals surface area contributed by atoms with Crippen LogP contribution in [0.2, 0.25) is 0 Å². The summed E-state index contributed by atoms with van der Waals surface area (Å²) in [4.78, 5) is 30.8. The van der Waals surface area contributed by atoms with Gasteiger partial charge in [0, 0.05) is 22.7 Å². The van der Waals surface area contributed by atoms with E-state index >= 15 is 0 Å². The Kier molecular flexibility index (Phi) is 8.89. The number of hydrogen-bond donors (Lipinski definition) is 1. The highest BCUT2D eigenvalue weighted by Crippen LogP contribution is 2.10. The highest BCUT2D eigenvalue weighted by Gasteiger charge is 2.23. The predicted molar refractivity (Wildman–Crippen MR) is 71.7 cm³/mol. The third kappa shape index (κ3) is 8.17. The topological polar surface area (TPSA) is 124 Å². The molecule has 114 valence electrons. The Morgan fingerprint density at radius 3 is 2.35 bits per heavy atom. The zero-order valence-electron chi connectivity index (χ0n) is 11.4. The first-order valence-electron chi connectivity index (χ1n) is 6.53. The normalized spacial score (nSPS) is 14.1. The van der Waals surface area contributed by atoms with E-state index in [-0.39, 0.29) is 6.42 Å². The van der Waals surface area contributed by atoms with Gasteiger partial charge in [-0.1, -0.05) is 25.8 Å². The summed E-state index contributed by atoms with van der Waals surface area (Å²) in [5.74, 6) is -1.26. The molecular weight excluding hydrogens is 268 g/mol. The van der Waals surface area contributed by atoms with Gasteiger partial charge >= 0.3 is 5.97 Å². The molecule has 0 aliphatic rings. The van der Waals surface area contributed by atoms with Crippen LogP contribution in [0.25, 0.3) is 0 Å². The van der Waals surface area contributed by atoms with Gasteiger partial charge < -0.3 is 5.11 Å². The van der Waals surface area contributed by atoms with E-state index in [4.69, 9.17) is 5.11 Å². The molecule has 0 aliphatic carbocycles. The molecule has 0 heterocycles. The van der Waals surface area contributed by atoms with Crippen molar-refractivity contribution >= 4 is 5.97 Å². The van der Waals surface area contributed by atoms with Crippen LogP contribution >= 0.6 is 0 Å². The minimum absolute atomic E-state index is 0.114. The molecule has 0 spiro atoms. The monoisotopic (exact) mass is 288 g/mol. The number of carbonyl (C=O) groups is 1. The summed E-state index contributed by atoms with van der Waals surface area (Å²) in [5.41, 5.74) is 0. The van der Waals surface area contributed by atoms with E-state index in [1.165, 1.54) is 12.2 Å². The fourth-order valence-electron chi connectivity index (χ4n) is 1.71. The summed E-state index contributed by atoms with van der Waals surface area (Å²) >= 11 is 0. The van der Waals surface area contributed by atoms with E-state index in [1.807, 2.05) is 6.92 Å². The molecule has 0 amide bonds. The van der Waals surface area contributed by atoms with Gasteiger partial charge in [-0.2, -0.15) is 0 Å². The first-order valence-corrected chi connectivity index (χ1v) is 6.53. The van der Waals surface area contributed by atoms with Gasteiger partial charge in [-0.15, -0.1) is 0 Å². The third-order valence-electron chi connectivity index (χ3n) is 2.85. The first-order chi connectivity index (χ1) is 9.38. The van der Waals surface area contributed by atoms with Gasteiger partial charge in [0.15, 0.2) is 0 Å². The van der Waals surface area contributed by atoms with Crippen LogP contribution < -0.4 is 0 Å². The van der Waals surface area contributed by atoms with Gasteiger partial charge in [-0.25, -0.2) is 0 Å². The number of hydrogen-bond acceptors (Lipinski definition) is 5. The molecule has 2 atom stereocenters. The molecule has 0 aromatic carbocycles. The maximum absolute atomic E-state index is 10.8. The van der Waals surface area contributed by atoms with Crippen molar-refractivity contribution in [2.45, 2.75) is 57.5 Å². The minimum Gasteiger partial charge on any atom is -0.481 e. The number of carboxylic acids is 1. The lowest BCUT2D eigenvalue weighted by Gasteiger charge is -2.06. The highest BCUT2D eigenvalue weighted by molar-refractivity contribution is 5.67. The van der Waals surface area contributed by atoms with Gasteiger partial charge in [0.05, 0.1) is 0 Å². The summed E-state index contributed by atoms with van der Waals surface area (Å²) in [6.45, 7) is 1.99. The zero-order valence-corrected chi connectivity index (χ0v) is 11.4. The van der Waals surface area contributed by atoms with E-state index < -0.39 is 34.3 Å². The first kappa shape index (κ1) is 18.0. The Balaban J connectivity index is 4.42. The van der Waals surface area contributed by atoms with Crippen LogP contribution in [-0.2, 0) is 4.79 Å². The lowest BCUT2D eigenvalue weighted by molar-refractivity contribution is -0.521. The average Bonchev–Trinajstić information content (AvgIpc) is 2.34. The van der Waals surface area contributed by atoms with E-state index in [9.17, 15) is 25.0 Å². The fraction of sp³-hybridized carbons (Fsp3) is 0.750. The van der Waals surface area contributed by atoms with E-state index in [1.54, 1.807) is 0 Å². The maximum atomic E-state index is 10.8. The van der Waals surface area contributed by atoms with Crippen LogP contribution in [0.5, 0.6) is 0 Å². The number of nitro groups is 2. The Labute approximate surface area is 116 Å². The molecular formula is C12H20N2O6. The Morgan fingerprint density at radius 2 is 1.90 bits per heavy atom. The Morgan fingerprint density at radius 1 is 1.25 bits per heavy atom. The van der Waals surface area contributed by atoms with Crippen LogP contribution in [0.1, 0.15) is 45.4 Å². The number of nitrogens with zero attached hydrogens (tertiary/aromatic N) is 2. The van der Waals surface area contributed by atoms with Crippen LogP contribution in [0, 0.1) is 20.2 Å². The van der Waals surface area contributed by atoms with Gasteiger partial charge in [-0.3, -0.25) is 25.0 Å². The molecule has 0 rings (SSSR count). The maximum Gasteiger partial charge on any atom is 0.310 e. The molecule has 0 saturated carbocycles. The highest BCUT2D eigenvalue weighted by atomic mass is 16.6. The molecule has 0 aromatic rings. The zero-order chi connectivity index (χ0) is 15.5. The predicted octanol–water partition coefficient (Wildman–Crippen LogP) is 2.28. The molecule has 0 fully saturated rings. The van der Waals surface area contributed by atoms with Crippen molar-refractivity contribution in [3.05, 3.63) is 32.4 Å². The number of carboxylic acid groups (broad SMARTS) is 1. The SMILES string of the molecule is CCCCCC(/C=C/CC(CC(=O)O)[N+](=O)[O-])[N+](=O)[O-]. The van der Waals surface area contributed by atoms with E-state index in [0.717, 1.165) is 19.3 Å². The molecule has 1 N–H and O–H groups in total. The van der Waals surface area contributed by atoms with Gasteiger partial charge in [0.25, 0.3) is 0 Å². The molecule has 0 radical (unpaired) electrons. The average molecular weight is 288 g/mol. The number of rotatable bonds is 11. The van der Waals surface area contributed by atoms with Crippen molar-refractivity contribution in [1.29, 1.82) is 0 Å². The minimum atomic E-state index is -1.26. The summed E-state index contributed by atoms with van der Waals surface area (Å²) < 4.78 is 0. The van der Waals surface area contributed by atoms with Crippen LogP contribution in [0.15, 0.2) is 12.2 Å². The summed E-state index contributed by atoms with van der Waals surface area (Å²) in [5, 5.41) is 30.0. The van der Waals surface area contributed by atoms with E-state index in [2.05, 4.69) is 0 Å². The number of unbranched alkanes of at least 4 members (excludes halogenated alkanes) is 2. The third-order valence-corrected chi connectivity index (χ3v) is 2.85. The molecule has 8 nitrogen and oxygen atoms in total. The molecule has 0 bridgehead atoms. The Bertz CT molecular complexity index is 369. The molecule has 0 saturated heterocycles. The lowest BCUT2D eigenvalue weighted by atomic mass is 10.1. The second kappa shape index (κ2) is 9.88. The second-order valence-corrected chi connectivity index (χ2v) is 4.55. The van der Waals surface area contributed by atoms with Crippen molar-refractivity contribution in [3.8, 4) is 0 Å². The van der Waals surface area contributed by atoms with Crippen LogP contribution in [0.4, 0.5) is 0 Å². The van der Waals surface area contributed by atoms with Crippen molar-refractivity contribution < 1.29 is 19.7 Å². The summed E-state index contributed by atoms with van der Waals surface area (Å²) in [6, 6.07) is -2.11. The molecule has 20 heavy (non-hydrogen) atoms. The van der Waals surface area contributed by atoms with Crippen LogP contribution in [0.3, 0.4) is 0 Å². The largest absolute Gasteiger partial charge is 0.481 e. The summed E-state index contributed by atoms with van der Waals surface area (Å²) in [6.07, 6.45) is 4.93. The Hall–Kier alpha value is -1.99. The smallest absolute Gasteiger partial charge is 0.310 e. The molecule has 0 aromatic heterocycles. The second-order valence-electron chi connectivity index (χ2n) is 4.55. The lowest BCUT2D eigenvalue weighted by Crippen LogP contribution is -2.23. The molecule has 2 unspecified atom stereocenters. The van der Waals surface area contributed by atoms with Crippen molar-refractivity contribution in [3.63, 3.8) is 0 Å². The van der Waals surface area contributed by atoms with Crippen molar-refractivity contribution in [2.75, 3.05) is 0 Å². The fourth-order valence-corrected chi connectivity index (χ4v) is 1.71. The van der Waals surface area contributed by atoms with Gasteiger partial charge in [0.1, 0.15) is 6.42 Å². The summed E-state index contributed by atoms with van der Waals surface area (Å²) in [7, 11) is 0. The van der Waals surface area contributed by atoms with Gasteiger partial charge in [-0.05, 0) is 12.5 Å². The number of aliphatic carboxylic acids is 1. The van der Waals surface area contributed by atoms with Crippen LogP contribution in [-0.4, -0.2) is 33.0 Å². The molecule has 0 aliphatic heterocycles. The molecule has 8 heteroatoms. The van der Waals surface area contributed by atoms with Crippen molar-refractivity contribution in [1.82, 2.24) is 0 Å². The van der Waals surface area contributed by atoms with E-state index in [0.29, 0.717) is 6.42 Å². The quantitative estimate of drug-likeness (QED) is 0.269. The van der Waals surface area contributed by atoms with Gasteiger partial charge in [0.2, 0.25) is 12.1 Å². The standard InChI is InChI=1S/C12H20N2O6/c1-2-3-4-6-10(13(17)18)7-5-8-11(14(19)20)9-12(15)16/h5,7,10-11H,2-4,6,8-9H2,1H3,(H,15,16)/b7-5+. The van der Waals surface area contributed by atoms with Crippen molar-refractivity contribution in [2.24, 2.45) is 0 Å².